The number of halogens is 1. The van der Waals surface area contributed by atoms with E-state index in [9.17, 15) is 18.0 Å². The van der Waals surface area contributed by atoms with Crippen molar-refractivity contribution in [3.05, 3.63) is 71.2 Å². The Morgan fingerprint density at radius 1 is 0.879 bits per heavy atom. The zero-order chi connectivity index (χ0) is 23.2. The first-order valence-corrected chi connectivity index (χ1v) is 13.2. The number of hydrogen-bond donors (Lipinski definition) is 0. The number of fused-ring (bicyclic) bond motifs is 1. The van der Waals surface area contributed by atoms with E-state index in [1.54, 1.807) is 42.5 Å². The van der Waals surface area contributed by atoms with Crippen molar-refractivity contribution in [2.45, 2.75) is 49.1 Å². The van der Waals surface area contributed by atoms with Crippen LogP contribution in [0.2, 0.25) is 0 Å². The normalized spacial score (nSPS) is 19.8. The highest BCUT2D eigenvalue weighted by Gasteiger charge is 2.49. The summed E-state index contributed by atoms with van der Waals surface area (Å²) >= 11 is 3.36. The third kappa shape index (κ3) is 4.00. The molecule has 2 aliphatic rings. The van der Waals surface area contributed by atoms with Gasteiger partial charge in [0.1, 0.15) is 6.04 Å². The van der Waals surface area contributed by atoms with Crippen LogP contribution >= 0.6 is 15.9 Å². The highest BCUT2D eigenvalue weighted by molar-refractivity contribution is 9.10. The Balaban J connectivity index is 1.56. The molecule has 1 heterocycles. The largest absolute Gasteiger partial charge is 0.274 e. The zero-order valence-electron chi connectivity index (χ0n) is 17.9. The monoisotopic (exact) mass is 526 g/mol. The van der Waals surface area contributed by atoms with Gasteiger partial charge >= 0.3 is 0 Å². The fraction of sp³-hybridized carbons (Fsp3) is 0.280. The maximum absolute atomic E-state index is 13.9. The average Bonchev–Trinajstić information content (AvgIpc) is 3.43. The van der Waals surface area contributed by atoms with Gasteiger partial charge in [0.05, 0.1) is 17.0 Å². The van der Waals surface area contributed by atoms with Crippen LogP contribution in [-0.4, -0.2) is 36.6 Å². The molecule has 1 aliphatic carbocycles. The Hall–Kier alpha value is -2.55. The lowest BCUT2D eigenvalue weighted by Crippen LogP contribution is -2.49. The summed E-state index contributed by atoms with van der Waals surface area (Å²) in [6.45, 7) is 0. The number of benzene rings is 3. The highest BCUT2D eigenvalue weighted by Crippen LogP contribution is 2.36. The van der Waals surface area contributed by atoms with E-state index in [0.717, 1.165) is 33.0 Å². The van der Waals surface area contributed by atoms with Crippen LogP contribution in [0.5, 0.6) is 0 Å². The second-order valence-electron chi connectivity index (χ2n) is 8.55. The fourth-order valence-corrected chi connectivity index (χ4v) is 7.03. The summed E-state index contributed by atoms with van der Waals surface area (Å²) < 4.78 is 30.0. The molecule has 0 radical (unpaired) electrons. The summed E-state index contributed by atoms with van der Waals surface area (Å²) in [5.74, 6) is -0.873. The SMILES string of the molecule is O=C1CC(N(C2CCCC2)S(=O)(=O)c2ccc3ccccc3c2)C(=O)N1c1ccc(Br)cc1. The van der Waals surface area contributed by atoms with Crippen LogP contribution in [0.15, 0.2) is 76.1 Å². The van der Waals surface area contributed by atoms with Crippen LogP contribution in [0.3, 0.4) is 0 Å². The van der Waals surface area contributed by atoms with Gasteiger partial charge in [-0.2, -0.15) is 4.31 Å². The molecule has 8 heteroatoms. The van der Waals surface area contributed by atoms with Gasteiger partial charge in [0, 0.05) is 10.5 Å². The smallest absolute Gasteiger partial charge is 0.252 e. The van der Waals surface area contributed by atoms with Gasteiger partial charge < -0.3 is 0 Å². The Morgan fingerprint density at radius 3 is 2.24 bits per heavy atom. The number of carbonyl (C=O) groups excluding carboxylic acids is 2. The van der Waals surface area contributed by atoms with Crippen molar-refractivity contribution < 1.29 is 18.0 Å². The predicted molar refractivity (Wildman–Crippen MR) is 130 cm³/mol. The third-order valence-corrected chi connectivity index (χ3v) is 8.98. The second-order valence-corrected chi connectivity index (χ2v) is 11.3. The molecule has 1 unspecified atom stereocenters. The van der Waals surface area contributed by atoms with Crippen molar-refractivity contribution in [2.24, 2.45) is 0 Å². The number of anilines is 1. The zero-order valence-corrected chi connectivity index (χ0v) is 20.3. The number of imide groups is 1. The van der Waals surface area contributed by atoms with Crippen LogP contribution in [0.1, 0.15) is 32.1 Å². The summed E-state index contributed by atoms with van der Waals surface area (Å²) in [6, 6.07) is 18.1. The number of rotatable bonds is 5. The third-order valence-electron chi connectivity index (χ3n) is 6.50. The maximum atomic E-state index is 13.9. The van der Waals surface area contributed by atoms with E-state index in [1.807, 2.05) is 24.3 Å². The van der Waals surface area contributed by atoms with Gasteiger partial charge in [-0.25, -0.2) is 13.3 Å². The quantitative estimate of drug-likeness (QED) is 0.444. The number of amides is 2. The van der Waals surface area contributed by atoms with Gasteiger partial charge in [0.2, 0.25) is 15.9 Å². The van der Waals surface area contributed by atoms with E-state index < -0.39 is 22.0 Å². The lowest BCUT2D eigenvalue weighted by Gasteiger charge is -2.32. The predicted octanol–water partition coefficient (Wildman–Crippen LogP) is 4.87. The second kappa shape index (κ2) is 8.66. The molecule has 2 amide bonds. The lowest BCUT2D eigenvalue weighted by molar-refractivity contribution is -0.122. The molecule has 3 aromatic rings. The molecule has 1 saturated carbocycles. The van der Waals surface area contributed by atoms with E-state index in [4.69, 9.17) is 0 Å². The average molecular weight is 527 g/mol. The van der Waals surface area contributed by atoms with Gasteiger partial charge in [0.25, 0.3) is 5.91 Å². The van der Waals surface area contributed by atoms with Crippen molar-refractivity contribution in [1.82, 2.24) is 4.31 Å². The Bertz CT molecular complexity index is 1330. The lowest BCUT2D eigenvalue weighted by atomic mass is 10.1. The molecule has 2 fully saturated rings. The molecule has 0 aromatic heterocycles. The van der Waals surface area contributed by atoms with E-state index in [2.05, 4.69) is 15.9 Å². The van der Waals surface area contributed by atoms with Gasteiger partial charge in [0.15, 0.2) is 0 Å². The van der Waals surface area contributed by atoms with E-state index in [1.165, 1.54) is 4.31 Å². The first-order chi connectivity index (χ1) is 15.9. The first-order valence-electron chi connectivity index (χ1n) is 11.0. The van der Waals surface area contributed by atoms with Crippen molar-refractivity contribution >= 4 is 54.2 Å². The minimum atomic E-state index is -4.00. The maximum Gasteiger partial charge on any atom is 0.252 e. The number of hydrogen-bond acceptors (Lipinski definition) is 4. The molecule has 3 aromatic carbocycles. The Kier molecular flexibility index (Phi) is 5.84. The Labute approximate surface area is 201 Å². The fourth-order valence-electron chi connectivity index (χ4n) is 4.90. The van der Waals surface area contributed by atoms with Gasteiger partial charge in [-0.1, -0.05) is 59.1 Å². The minimum Gasteiger partial charge on any atom is -0.274 e. The molecule has 5 rings (SSSR count). The first kappa shape index (κ1) is 22.3. The molecule has 170 valence electrons. The molecule has 1 aliphatic heterocycles. The molecule has 0 bridgehead atoms. The molecule has 1 atom stereocenters. The molecule has 0 N–H and O–H groups in total. The van der Waals surface area contributed by atoms with Gasteiger partial charge in [-0.3, -0.25) is 9.59 Å². The summed E-state index contributed by atoms with van der Waals surface area (Å²) in [5.41, 5.74) is 0.449. The van der Waals surface area contributed by atoms with Gasteiger partial charge in [-0.15, -0.1) is 0 Å². The standard InChI is InChI=1S/C25H23BrN2O4S/c26-19-10-12-20(13-11-19)27-24(29)16-23(25(27)30)28(21-7-3-4-8-21)33(31,32)22-14-9-17-5-1-2-6-18(17)15-22/h1-2,5-6,9-15,21,23H,3-4,7-8,16H2. The molecule has 0 spiro atoms. The van der Waals surface area contributed by atoms with Crippen molar-refractivity contribution in [3.8, 4) is 0 Å². The summed E-state index contributed by atoms with van der Waals surface area (Å²) in [5, 5.41) is 1.76. The van der Waals surface area contributed by atoms with Crippen LogP contribution < -0.4 is 4.90 Å². The van der Waals surface area contributed by atoms with Crippen LogP contribution in [0.25, 0.3) is 10.8 Å². The van der Waals surface area contributed by atoms with E-state index >= 15 is 0 Å². The minimum absolute atomic E-state index is 0.149. The summed E-state index contributed by atoms with van der Waals surface area (Å²) in [6.07, 6.45) is 3.02. The molecular weight excluding hydrogens is 504 g/mol. The van der Waals surface area contributed by atoms with Gasteiger partial charge in [-0.05, 0) is 60.0 Å². The van der Waals surface area contributed by atoms with Crippen LogP contribution in [-0.2, 0) is 19.6 Å². The number of carbonyl (C=O) groups is 2. The number of sulfonamides is 1. The molecule has 1 saturated heterocycles. The van der Waals surface area contributed by atoms with Crippen LogP contribution in [0.4, 0.5) is 5.69 Å². The summed E-state index contributed by atoms with van der Waals surface area (Å²) in [7, 11) is -4.00. The highest BCUT2D eigenvalue weighted by atomic mass is 79.9. The molecular formula is C25H23BrN2O4S. The molecule has 6 nitrogen and oxygen atoms in total. The van der Waals surface area contributed by atoms with Crippen molar-refractivity contribution in [3.63, 3.8) is 0 Å². The van der Waals surface area contributed by atoms with Crippen molar-refractivity contribution in [2.75, 3.05) is 4.90 Å². The summed E-state index contributed by atoms with van der Waals surface area (Å²) in [4.78, 5) is 27.7. The van der Waals surface area contributed by atoms with E-state index in [0.29, 0.717) is 18.5 Å². The van der Waals surface area contributed by atoms with Crippen molar-refractivity contribution in [1.29, 1.82) is 0 Å². The topological polar surface area (TPSA) is 74.8 Å². The number of nitrogens with zero attached hydrogens (tertiary/aromatic N) is 2. The van der Waals surface area contributed by atoms with E-state index in [-0.39, 0.29) is 23.3 Å². The van der Waals surface area contributed by atoms with Crippen LogP contribution in [0, 0.1) is 0 Å². The Morgan fingerprint density at radius 2 is 1.55 bits per heavy atom. The molecule has 33 heavy (non-hydrogen) atoms.